The number of rotatable bonds is 12. The highest BCUT2D eigenvalue weighted by atomic mass is 35.5. The largest absolute Gasteiger partial charge is 0.372 e. The van der Waals surface area contributed by atoms with Gasteiger partial charge in [-0.1, -0.05) is 31.7 Å². The number of amides is 1. The fraction of sp³-hybridized carbons (Fsp3) is 0.333. The fourth-order valence-corrected chi connectivity index (χ4v) is 2.87. The molecule has 0 fully saturated rings. The van der Waals surface area contributed by atoms with E-state index in [1.165, 1.54) is 18.5 Å². The van der Waals surface area contributed by atoms with Gasteiger partial charge in [-0.2, -0.15) is 9.36 Å². The number of hydrogen-bond acceptors (Lipinski definition) is 7. The van der Waals surface area contributed by atoms with Crippen molar-refractivity contribution in [2.24, 2.45) is 4.99 Å². The van der Waals surface area contributed by atoms with Gasteiger partial charge in [0.1, 0.15) is 0 Å². The molecule has 0 bridgehead atoms. The Morgan fingerprint density at radius 1 is 1.33 bits per heavy atom. The van der Waals surface area contributed by atoms with E-state index in [1.54, 1.807) is 12.3 Å². The van der Waals surface area contributed by atoms with E-state index >= 15 is 0 Å². The van der Waals surface area contributed by atoms with Crippen LogP contribution in [0.5, 0.6) is 0 Å². The van der Waals surface area contributed by atoms with Crippen LogP contribution in [-0.2, 0) is 4.79 Å². The number of carbonyl (C=O) groups is 1. The molecule has 7 nitrogen and oxygen atoms in total. The van der Waals surface area contributed by atoms with Crippen molar-refractivity contribution >= 4 is 41.2 Å². The van der Waals surface area contributed by atoms with E-state index < -0.39 is 0 Å². The average Bonchev–Trinajstić information content (AvgIpc) is 3.17. The summed E-state index contributed by atoms with van der Waals surface area (Å²) in [5, 5.41) is 2.78. The fourth-order valence-electron chi connectivity index (χ4n) is 2.23. The number of aliphatic imine (C=N–C) groups is 1. The second-order valence-electron chi connectivity index (χ2n) is 6.19. The molecular weight excluding hydrogens is 420 g/mol. The Morgan fingerprint density at radius 3 is 2.70 bits per heavy atom. The van der Waals surface area contributed by atoms with Crippen molar-refractivity contribution in [2.45, 2.75) is 20.3 Å². The minimum atomic E-state index is -0.266. The quantitative estimate of drug-likeness (QED) is 0.294. The third-order valence-electron chi connectivity index (χ3n) is 3.93. The van der Waals surface area contributed by atoms with Gasteiger partial charge in [0.2, 0.25) is 16.3 Å². The first-order valence-electron chi connectivity index (χ1n) is 9.47. The van der Waals surface area contributed by atoms with Crippen LogP contribution < -0.4 is 10.2 Å². The number of hydrogen-bond donors (Lipinski definition) is 1. The van der Waals surface area contributed by atoms with Gasteiger partial charge in [0.15, 0.2) is 0 Å². The maximum absolute atomic E-state index is 12.0. The smallest absolute Gasteiger partial charge is 0.249 e. The second kappa shape index (κ2) is 14.3. The first-order valence-corrected chi connectivity index (χ1v) is 10.6. The molecule has 1 aromatic heterocycles. The monoisotopic (exact) mass is 448 g/mol. The number of likely N-dealkylation sites (N-methyl/N-ethyl adjacent to an activating group) is 2. The van der Waals surface area contributed by atoms with Crippen LogP contribution >= 0.6 is 23.1 Å². The summed E-state index contributed by atoms with van der Waals surface area (Å²) < 4.78 is 4.63. The Kier molecular flexibility index (Phi) is 12.1. The lowest BCUT2D eigenvalue weighted by Crippen LogP contribution is -2.31. The van der Waals surface area contributed by atoms with Crippen molar-refractivity contribution in [3.8, 4) is 0 Å². The van der Waals surface area contributed by atoms with Crippen molar-refractivity contribution in [3.63, 3.8) is 0 Å². The summed E-state index contributed by atoms with van der Waals surface area (Å²) in [5.41, 5.74) is 2.02. The van der Waals surface area contributed by atoms with Gasteiger partial charge in [0.25, 0.3) is 0 Å². The van der Waals surface area contributed by atoms with E-state index in [9.17, 15) is 4.79 Å². The lowest BCUT2D eigenvalue weighted by Gasteiger charge is -2.24. The highest BCUT2D eigenvalue weighted by molar-refractivity contribution is 7.10. The third-order valence-corrected chi connectivity index (χ3v) is 4.72. The summed E-state index contributed by atoms with van der Waals surface area (Å²) in [7, 11) is 3.88. The molecule has 0 atom stereocenters. The lowest BCUT2D eigenvalue weighted by atomic mass is 10.1. The Morgan fingerprint density at radius 2 is 2.10 bits per heavy atom. The molecule has 1 heterocycles. The predicted molar refractivity (Wildman–Crippen MR) is 128 cm³/mol. The molecule has 0 aliphatic carbocycles. The van der Waals surface area contributed by atoms with E-state index in [2.05, 4.69) is 50.2 Å². The first kappa shape index (κ1) is 25.3. The molecule has 0 saturated heterocycles. The number of allylic oxidation sites excluding steroid dienone is 5. The van der Waals surface area contributed by atoms with E-state index in [-0.39, 0.29) is 5.91 Å². The van der Waals surface area contributed by atoms with Crippen LogP contribution in [0.15, 0.2) is 65.6 Å². The molecule has 0 radical (unpaired) electrons. The highest BCUT2D eigenvalue weighted by Gasteiger charge is 2.10. The van der Waals surface area contributed by atoms with E-state index in [4.69, 9.17) is 11.6 Å². The van der Waals surface area contributed by atoms with Crippen molar-refractivity contribution in [1.82, 2.24) is 19.6 Å². The van der Waals surface area contributed by atoms with Crippen molar-refractivity contribution in [2.75, 3.05) is 32.1 Å². The van der Waals surface area contributed by atoms with Crippen LogP contribution in [0.3, 0.4) is 0 Å². The zero-order valence-electron chi connectivity index (χ0n) is 17.9. The maximum atomic E-state index is 12.0. The molecule has 162 valence electrons. The Bertz CT molecular complexity index is 840. The molecule has 0 unspecified atom stereocenters. The number of nitrogens with one attached hydrogen (secondary N) is 1. The number of anilines is 1. The molecular formula is C21H29ClN6OS. The SMILES string of the molecule is C=CC=N/C=C/C(=O)N/C=C(/C=C(\C=C/C)CC)N(C)CCN(C)c1nsc(Cl)n1. The van der Waals surface area contributed by atoms with E-state index in [1.807, 2.05) is 32.0 Å². The van der Waals surface area contributed by atoms with Crippen LogP contribution in [0.1, 0.15) is 20.3 Å². The van der Waals surface area contributed by atoms with Gasteiger partial charge in [-0.15, -0.1) is 0 Å². The second-order valence-corrected chi connectivity index (χ2v) is 7.52. The Hall–Kier alpha value is -2.71. The summed E-state index contributed by atoms with van der Waals surface area (Å²) in [6.07, 6.45) is 14.5. The molecule has 0 aromatic carbocycles. The van der Waals surface area contributed by atoms with E-state index in [0.29, 0.717) is 23.5 Å². The van der Waals surface area contributed by atoms with Crippen LogP contribution in [0.25, 0.3) is 0 Å². The van der Waals surface area contributed by atoms with E-state index in [0.717, 1.165) is 29.2 Å². The molecule has 0 saturated carbocycles. The zero-order chi connectivity index (χ0) is 22.4. The first-order chi connectivity index (χ1) is 14.4. The molecule has 9 heteroatoms. The van der Waals surface area contributed by atoms with Gasteiger partial charge < -0.3 is 15.1 Å². The molecule has 1 amide bonds. The highest BCUT2D eigenvalue weighted by Crippen LogP contribution is 2.17. The number of halogens is 1. The molecule has 0 aliphatic rings. The minimum absolute atomic E-state index is 0.266. The van der Waals surface area contributed by atoms with Gasteiger partial charge in [0, 0.05) is 63.4 Å². The van der Waals surface area contributed by atoms with Gasteiger partial charge >= 0.3 is 0 Å². The van der Waals surface area contributed by atoms with Crippen molar-refractivity contribution < 1.29 is 4.79 Å². The molecule has 30 heavy (non-hydrogen) atoms. The molecule has 0 aliphatic heterocycles. The van der Waals surface area contributed by atoms with Gasteiger partial charge in [-0.05, 0) is 36.6 Å². The maximum Gasteiger partial charge on any atom is 0.249 e. The number of carbonyl (C=O) groups excluding carboxylic acids is 1. The summed E-state index contributed by atoms with van der Waals surface area (Å²) >= 11 is 7.03. The minimum Gasteiger partial charge on any atom is -0.372 e. The zero-order valence-corrected chi connectivity index (χ0v) is 19.5. The standard InChI is InChI=1S/C21H29ClN6OS/c1-6-9-17(8-3)15-18(16-24-19(29)10-12-23-11-7-2)27(4)13-14-28(5)21-25-20(22)30-26-21/h6-7,9-12,15-16H,2,8,13-14H2,1,3-5H3,(H,24,29)/b9-6-,12-10+,17-15-,18-16-,23-11?. The van der Waals surface area contributed by atoms with Crippen LogP contribution in [-0.4, -0.2) is 53.6 Å². The summed E-state index contributed by atoms with van der Waals surface area (Å²) in [4.78, 5) is 24.1. The summed E-state index contributed by atoms with van der Waals surface area (Å²) in [6, 6.07) is 0. The van der Waals surface area contributed by atoms with Crippen LogP contribution in [0.2, 0.25) is 4.47 Å². The van der Waals surface area contributed by atoms with Crippen LogP contribution in [0, 0.1) is 0 Å². The topological polar surface area (TPSA) is 73.7 Å². The summed E-state index contributed by atoms with van der Waals surface area (Å²) in [5.74, 6) is 0.333. The number of nitrogens with zero attached hydrogens (tertiary/aromatic N) is 5. The normalized spacial score (nSPS) is 12.8. The Balaban J connectivity index is 2.90. The number of aromatic nitrogens is 2. The van der Waals surface area contributed by atoms with Gasteiger partial charge in [-0.25, -0.2) is 0 Å². The summed E-state index contributed by atoms with van der Waals surface area (Å²) in [6.45, 7) is 8.98. The lowest BCUT2D eigenvalue weighted by molar-refractivity contribution is -0.115. The molecule has 1 rings (SSSR count). The average molecular weight is 449 g/mol. The Labute approximate surface area is 188 Å². The molecule has 1 aromatic rings. The van der Waals surface area contributed by atoms with Crippen molar-refractivity contribution in [1.29, 1.82) is 0 Å². The van der Waals surface area contributed by atoms with Gasteiger partial charge in [-0.3, -0.25) is 9.79 Å². The van der Waals surface area contributed by atoms with Gasteiger partial charge in [0.05, 0.1) is 5.70 Å². The predicted octanol–water partition coefficient (Wildman–Crippen LogP) is 4.20. The third kappa shape index (κ3) is 9.67. The molecule has 0 spiro atoms. The van der Waals surface area contributed by atoms with Crippen LogP contribution in [0.4, 0.5) is 5.95 Å². The van der Waals surface area contributed by atoms with Crippen molar-refractivity contribution in [3.05, 3.63) is 65.1 Å². The molecule has 1 N–H and O–H groups in total.